The van der Waals surface area contributed by atoms with Gasteiger partial charge in [0.1, 0.15) is 0 Å². The monoisotopic (exact) mass is 376 g/mol. The summed E-state index contributed by atoms with van der Waals surface area (Å²) in [6.07, 6.45) is 1.64. The van der Waals surface area contributed by atoms with Crippen LogP contribution in [0.25, 0.3) is 0 Å². The van der Waals surface area contributed by atoms with E-state index in [1.165, 1.54) is 12.1 Å². The topological polar surface area (TPSA) is 93.7 Å². The Balaban J connectivity index is 1.74. The maximum absolute atomic E-state index is 12.5. The highest BCUT2D eigenvalue weighted by Crippen LogP contribution is 2.34. The van der Waals surface area contributed by atoms with Crippen LogP contribution in [-0.2, 0) is 10.0 Å². The molecule has 1 amide bonds. The molecule has 7 nitrogen and oxygen atoms in total. The first kappa shape index (κ1) is 18.2. The van der Waals surface area contributed by atoms with Gasteiger partial charge in [-0.3, -0.25) is 4.79 Å². The summed E-state index contributed by atoms with van der Waals surface area (Å²) >= 11 is 0. The molecule has 1 aliphatic heterocycles. The van der Waals surface area contributed by atoms with Gasteiger partial charge in [0.2, 0.25) is 16.8 Å². The molecule has 0 saturated carbocycles. The molecular weight excluding hydrogens is 356 g/mol. The van der Waals surface area contributed by atoms with E-state index in [1.807, 2.05) is 6.92 Å². The van der Waals surface area contributed by atoms with Crippen LogP contribution in [0.15, 0.2) is 47.4 Å². The Labute approximate surface area is 152 Å². The number of amides is 1. The maximum atomic E-state index is 12.5. The number of hydrogen-bond acceptors (Lipinski definition) is 5. The molecule has 2 aromatic carbocycles. The molecule has 3 rings (SSSR count). The molecule has 0 aliphatic carbocycles. The minimum atomic E-state index is -3.64. The first-order valence-corrected chi connectivity index (χ1v) is 9.78. The highest BCUT2D eigenvalue weighted by molar-refractivity contribution is 7.89. The van der Waals surface area contributed by atoms with E-state index in [0.29, 0.717) is 23.7 Å². The summed E-state index contributed by atoms with van der Waals surface area (Å²) in [4.78, 5) is 12.5. The SMILES string of the molecule is CCCCNS(=O)(=O)c1cccc(C(=O)Nc2ccc3c(c2)OCO3)c1. The Hall–Kier alpha value is -2.58. The fourth-order valence-electron chi connectivity index (χ4n) is 2.45. The molecule has 0 spiro atoms. The van der Waals surface area contributed by atoms with Crippen LogP contribution in [0.2, 0.25) is 0 Å². The van der Waals surface area contributed by atoms with Gasteiger partial charge in [-0.25, -0.2) is 13.1 Å². The second-order valence-electron chi connectivity index (χ2n) is 5.80. The van der Waals surface area contributed by atoms with Gasteiger partial charge in [-0.1, -0.05) is 19.4 Å². The van der Waals surface area contributed by atoms with E-state index in [9.17, 15) is 13.2 Å². The maximum Gasteiger partial charge on any atom is 0.255 e. The Kier molecular flexibility index (Phi) is 5.43. The van der Waals surface area contributed by atoms with Gasteiger partial charge in [0.15, 0.2) is 11.5 Å². The Bertz CT molecular complexity index is 912. The van der Waals surface area contributed by atoms with Crippen molar-refractivity contribution in [1.29, 1.82) is 0 Å². The normalized spacial score (nSPS) is 12.8. The van der Waals surface area contributed by atoms with Crippen molar-refractivity contribution in [3.63, 3.8) is 0 Å². The van der Waals surface area contributed by atoms with Crippen molar-refractivity contribution in [3.05, 3.63) is 48.0 Å². The number of benzene rings is 2. The van der Waals surface area contributed by atoms with Gasteiger partial charge < -0.3 is 14.8 Å². The summed E-state index contributed by atoms with van der Waals surface area (Å²) in [5.41, 5.74) is 0.787. The van der Waals surface area contributed by atoms with Crippen molar-refractivity contribution in [2.75, 3.05) is 18.7 Å². The third kappa shape index (κ3) is 4.14. The molecule has 0 atom stereocenters. The average Bonchev–Trinajstić information content (AvgIpc) is 3.10. The highest BCUT2D eigenvalue weighted by atomic mass is 32.2. The summed E-state index contributed by atoms with van der Waals surface area (Å²) in [6.45, 7) is 2.50. The number of hydrogen-bond donors (Lipinski definition) is 2. The van der Waals surface area contributed by atoms with E-state index >= 15 is 0 Å². The minimum Gasteiger partial charge on any atom is -0.454 e. The van der Waals surface area contributed by atoms with E-state index in [4.69, 9.17) is 9.47 Å². The lowest BCUT2D eigenvalue weighted by Crippen LogP contribution is -2.25. The Morgan fingerprint density at radius 1 is 1.12 bits per heavy atom. The predicted molar refractivity (Wildman–Crippen MR) is 97.1 cm³/mol. The summed E-state index contributed by atoms with van der Waals surface area (Å²) in [5.74, 6) is 0.767. The number of anilines is 1. The first-order chi connectivity index (χ1) is 12.5. The van der Waals surface area contributed by atoms with Gasteiger partial charge in [-0.15, -0.1) is 0 Å². The number of carbonyl (C=O) groups excluding carboxylic acids is 1. The number of fused-ring (bicyclic) bond motifs is 1. The fraction of sp³-hybridized carbons (Fsp3) is 0.278. The Morgan fingerprint density at radius 3 is 2.73 bits per heavy atom. The molecule has 0 unspecified atom stereocenters. The molecule has 2 aromatic rings. The van der Waals surface area contributed by atoms with Crippen molar-refractivity contribution in [3.8, 4) is 11.5 Å². The number of sulfonamides is 1. The van der Waals surface area contributed by atoms with E-state index in [-0.39, 0.29) is 17.3 Å². The van der Waals surface area contributed by atoms with E-state index in [2.05, 4.69) is 10.0 Å². The summed E-state index contributed by atoms with van der Waals surface area (Å²) < 4.78 is 37.6. The van der Waals surface area contributed by atoms with Gasteiger partial charge >= 0.3 is 0 Å². The molecule has 138 valence electrons. The summed E-state index contributed by atoms with van der Waals surface area (Å²) in [6, 6.07) is 11.0. The van der Waals surface area contributed by atoms with Crippen LogP contribution in [0.4, 0.5) is 5.69 Å². The van der Waals surface area contributed by atoms with Crippen LogP contribution in [0.5, 0.6) is 11.5 Å². The highest BCUT2D eigenvalue weighted by Gasteiger charge is 2.17. The van der Waals surface area contributed by atoms with Crippen molar-refractivity contribution in [2.45, 2.75) is 24.7 Å². The first-order valence-electron chi connectivity index (χ1n) is 8.30. The van der Waals surface area contributed by atoms with Crippen LogP contribution in [0.3, 0.4) is 0 Å². The molecule has 0 radical (unpaired) electrons. The van der Waals surface area contributed by atoms with Crippen molar-refractivity contribution >= 4 is 21.6 Å². The molecule has 0 bridgehead atoms. The number of ether oxygens (including phenoxy) is 2. The molecule has 26 heavy (non-hydrogen) atoms. The zero-order valence-corrected chi connectivity index (χ0v) is 15.1. The number of carbonyl (C=O) groups is 1. The second-order valence-corrected chi connectivity index (χ2v) is 7.57. The van der Waals surface area contributed by atoms with Crippen LogP contribution in [0.1, 0.15) is 30.1 Å². The molecule has 1 heterocycles. The van der Waals surface area contributed by atoms with Crippen LogP contribution >= 0.6 is 0 Å². The Morgan fingerprint density at radius 2 is 1.92 bits per heavy atom. The lowest BCUT2D eigenvalue weighted by atomic mass is 10.2. The molecule has 8 heteroatoms. The zero-order chi connectivity index (χ0) is 18.6. The van der Waals surface area contributed by atoms with Crippen molar-refractivity contribution in [1.82, 2.24) is 4.72 Å². The van der Waals surface area contributed by atoms with Crippen molar-refractivity contribution in [2.24, 2.45) is 0 Å². The fourth-order valence-corrected chi connectivity index (χ4v) is 3.57. The van der Waals surface area contributed by atoms with Gasteiger partial charge in [-0.05, 0) is 36.8 Å². The second kappa shape index (κ2) is 7.76. The van der Waals surface area contributed by atoms with Gasteiger partial charge in [0.25, 0.3) is 5.91 Å². The van der Waals surface area contributed by atoms with Crippen LogP contribution in [0, 0.1) is 0 Å². The third-order valence-electron chi connectivity index (χ3n) is 3.86. The van der Waals surface area contributed by atoms with E-state index < -0.39 is 15.9 Å². The van der Waals surface area contributed by atoms with Crippen molar-refractivity contribution < 1.29 is 22.7 Å². The molecular formula is C18H20N2O5S. The average molecular weight is 376 g/mol. The van der Waals surface area contributed by atoms with Gasteiger partial charge in [0.05, 0.1) is 4.90 Å². The zero-order valence-electron chi connectivity index (χ0n) is 14.3. The number of nitrogens with one attached hydrogen (secondary N) is 2. The third-order valence-corrected chi connectivity index (χ3v) is 5.32. The predicted octanol–water partition coefficient (Wildman–Crippen LogP) is 2.75. The standard InChI is InChI=1S/C18H20N2O5S/c1-2-3-9-19-26(22,23)15-6-4-5-13(10-15)18(21)20-14-7-8-16-17(11-14)25-12-24-16/h4-8,10-11,19H,2-3,9,12H2,1H3,(H,20,21). The summed E-state index contributed by atoms with van der Waals surface area (Å²) in [5, 5.41) is 2.73. The molecule has 0 aromatic heterocycles. The van der Waals surface area contributed by atoms with E-state index in [1.54, 1.807) is 30.3 Å². The van der Waals surface area contributed by atoms with Gasteiger partial charge in [0, 0.05) is 23.9 Å². The molecule has 1 aliphatic rings. The van der Waals surface area contributed by atoms with Crippen LogP contribution in [-0.4, -0.2) is 27.7 Å². The number of rotatable bonds is 7. The van der Waals surface area contributed by atoms with E-state index in [0.717, 1.165) is 12.8 Å². The number of unbranched alkanes of at least 4 members (excludes halogenated alkanes) is 1. The lowest BCUT2D eigenvalue weighted by Gasteiger charge is -2.09. The quantitative estimate of drug-likeness (QED) is 0.725. The van der Waals surface area contributed by atoms with Gasteiger partial charge in [-0.2, -0.15) is 0 Å². The largest absolute Gasteiger partial charge is 0.454 e. The van der Waals surface area contributed by atoms with Crippen LogP contribution < -0.4 is 19.5 Å². The molecule has 2 N–H and O–H groups in total. The molecule has 0 fully saturated rings. The minimum absolute atomic E-state index is 0.0620. The summed E-state index contributed by atoms with van der Waals surface area (Å²) in [7, 11) is -3.64. The lowest BCUT2D eigenvalue weighted by molar-refractivity contribution is 0.102. The molecule has 0 saturated heterocycles. The smallest absolute Gasteiger partial charge is 0.255 e.